The average Bonchev–Trinajstić information content (AvgIpc) is 3.41. The molecule has 1 aliphatic heterocycles. The van der Waals surface area contributed by atoms with Gasteiger partial charge in [0.05, 0.1) is 11.4 Å². The molecule has 3 rings (SSSR count). The number of aliphatic imine (C=N–C) groups is 1. The number of Topliss-reactive ketones (excluding diaryl/α,β-unsaturated/α-hetero) is 1. The summed E-state index contributed by atoms with van der Waals surface area (Å²) in [7, 11) is 0. The van der Waals surface area contributed by atoms with Gasteiger partial charge in [-0.3, -0.25) is 9.79 Å². The van der Waals surface area contributed by atoms with Gasteiger partial charge in [0, 0.05) is 35.5 Å². The van der Waals surface area contributed by atoms with Crippen LogP contribution in [0.1, 0.15) is 95.3 Å². The van der Waals surface area contributed by atoms with E-state index < -0.39 is 11.6 Å². The minimum absolute atomic E-state index is 0.0376. The van der Waals surface area contributed by atoms with Gasteiger partial charge >= 0.3 is 0 Å². The van der Waals surface area contributed by atoms with Crippen LogP contribution in [0.5, 0.6) is 0 Å². The Morgan fingerprint density at radius 2 is 1.77 bits per heavy atom. The number of benzene rings is 2. The Hall–Kier alpha value is -3.38. The number of aryl methyl sites for hydroxylation is 2. The number of allylic oxidation sites excluding steroid dienone is 5. The molecule has 2 aromatic rings. The number of rotatable bonds is 8. The topological polar surface area (TPSA) is 67.5 Å². The number of carbonyl (C=O) groups is 1. The van der Waals surface area contributed by atoms with Crippen LogP contribution in [0.3, 0.4) is 0 Å². The fraction of sp³-hybridized carbons (Fsp3) is 0.394. The summed E-state index contributed by atoms with van der Waals surface area (Å²) in [6.07, 6.45) is 7.71. The predicted octanol–water partition coefficient (Wildman–Crippen LogP) is 8.96. The molecule has 4 nitrogen and oxygen atoms in total. The van der Waals surface area contributed by atoms with Crippen LogP contribution in [0.4, 0.5) is 14.5 Å². The normalized spacial score (nSPS) is 13.8. The van der Waals surface area contributed by atoms with Gasteiger partial charge in [-0.2, -0.15) is 0 Å². The number of nitrogens with zero attached hydrogens (tertiary/aromatic N) is 1. The molecule has 0 saturated carbocycles. The number of hydrogen-bond acceptors (Lipinski definition) is 4. The number of carbonyl (C=O) groups excluding carboxylic acids is 1. The molecule has 0 radical (unpaired) electrons. The van der Waals surface area contributed by atoms with Gasteiger partial charge < -0.3 is 11.1 Å². The summed E-state index contributed by atoms with van der Waals surface area (Å²) in [5.74, 6) is -1.63. The van der Waals surface area contributed by atoms with E-state index in [9.17, 15) is 13.6 Å². The van der Waals surface area contributed by atoms with Crippen molar-refractivity contribution in [3.8, 4) is 0 Å². The molecule has 1 aliphatic rings. The zero-order chi connectivity index (χ0) is 29.7. The zero-order valence-electron chi connectivity index (χ0n) is 25.0. The number of nitrogens with one attached hydrogen (secondary N) is 1. The molecular formula is C33H45F2N3O. The van der Waals surface area contributed by atoms with Gasteiger partial charge in [-0.25, -0.2) is 8.78 Å². The van der Waals surface area contributed by atoms with Crippen molar-refractivity contribution in [2.45, 2.75) is 87.6 Å². The molecule has 3 N–H and O–H groups in total. The van der Waals surface area contributed by atoms with Crippen molar-refractivity contribution in [3.63, 3.8) is 0 Å². The van der Waals surface area contributed by atoms with E-state index in [-0.39, 0.29) is 16.9 Å². The molecule has 39 heavy (non-hydrogen) atoms. The summed E-state index contributed by atoms with van der Waals surface area (Å²) in [5, 5.41) is 3.44. The van der Waals surface area contributed by atoms with Crippen LogP contribution in [-0.4, -0.2) is 17.5 Å². The fourth-order valence-corrected chi connectivity index (χ4v) is 3.82. The van der Waals surface area contributed by atoms with E-state index in [1.54, 1.807) is 32.2 Å². The highest BCUT2D eigenvalue weighted by atomic mass is 19.2. The van der Waals surface area contributed by atoms with Crippen molar-refractivity contribution in [1.82, 2.24) is 0 Å². The summed E-state index contributed by atoms with van der Waals surface area (Å²) >= 11 is 0. The first-order valence-corrected chi connectivity index (χ1v) is 13.7. The molecular weight excluding hydrogens is 492 g/mol. The van der Waals surface area contributed by atoms with Gasteiger partial charge in [0.25, 0.3) is 0 Å². The van der Waals surface area contributed by atoms with Crippen molar-refractivity contribution >= 4 is 22.8 Å². The molecule has 1 unspecified atom stereocenters. The standard InChI is InChI=1S/C27H28F2N2O.C4H11N.C2H6/c1-6-8-17(4)27(31-21-10-12-22(18(5)32)19(7-2)13-21)24-14-20(15-30-24)23-11-9-16(3)25(28)26(23)29;1-3-4(2)5;1-2/h6,8-13,15,31H,7,14H2,1-5H3;4H,3,5H2,1-2H3;1-2H3/b8-6-,27-17+;;. The minimum atomic E-state index is -0.844. The van der Waals surface area contributed by atoms with Crippen molar-refractivity contribution in [1.29, 1.82) is 0 Å². The maximum absolute atomic E-state index is 14.5. The second-order valence-corrected chi connectivity index (χ2v) is 9.32. The molecule has 0 aliphatic carbocycles. The first-order valence-electron chi connectivity index (χ1n) is 13.7. The Kier molecular flexibility index (Phi) is 14.3. The first-order chi connectivity index (χ1) is 18.5. The van der Waals surface area contributed by atoms with Crippen LogP contribution < -0.4 is 11.1 Å². The minimum Gasteiger partial charge on any atom is -0.354 e. The third-order valence-electron chi connectivity index (χ3n) is 6.23. The second-order valence-electron chi connectivity index (χ2n) is 9.32. The van der Waals surface area contributed by atoms with E-state index >= 15 is 0 Å². The van der Waals surface area contributed by atoms with Gasteiger partial charge in [-0.15, -0.1) is 0 Å². The molecule has 0 bridgehead atoms. The Balaban J connectivity index is 0.000000975. The van der Waals surface area contributed by atoms with Crippen LogP contribution in [0.25, 0.3) is 5.57 Å². The van der Waals surface area contributed by atoms with Gasteiger partial charge in [-0.05, 0) is 87.9 Å². The number of ketones is 1. The summed E-state index contributed by atoms with van der Waals surface area (Å²) in [6.45, 7) is 17.1. The molecule has 0 spiro atoms. The number of halogens is 2. The largest absolute Gasteiger partial charge is 0.354 e. The molecule has 1 atom stereocenters. The maximum Gasteiger partial charge on any atom is 0.166 e. The smallest absolute Gasteiger partial charge is 0.166 e. The molecule has 0 fully saturated rings. The van der Waals surface area contributed by atoms with Gasteiger partial charge in [-0.1, -0.05) is 52.0 Å². The van der Waals surface area contributed by atoms with Crippen molar-refractivity contribution in [2.75, 3.05) is 5.32 Å². The van der Waals surface area contributed by atoms with E-state index in [1.165, 1.54) is 0 Å². The van der Waals surface area contributed by atoms with E-state index in [0.717, 1.165) is 41.1 Å². The lowest BCUT2D eigenvalue weighted by Gasteiger charge is -2.16. The van der Waals surface area contributed by atoms with Gasteiger partial charge in [0.2, 0.25) is 0 Å². The Morgan fingerprint density at radius 1 is 1.13 bits per heavy atom. The van der Waals surface area contributed by atoms with Crippen LogP contribution in [0, 0.1) is 18.6 Å². The summed E-state index contributed by atoms with van der Waals surface area (Å²) in [5.41, 5.74) is 11.5. The zero-order valence-corrected chi connectivity index (χ0v) is 25.0. The highest BCUT2D eigenvalue weighted by Crippen LogP contribution is 2.31. The van der Waals surface area contributed by atoms with E-state index in [4.69, 9.17) is 5.73 Å². The number of anilines is 1. The molecule has 2 aromatic carbocycles. The Bertz CT molecular complexity index is 1250. The SMILES string of the molecule is C/C=C\C(C)=C(\Nc1ccc(C(C)=O)c(CC)c1)C1=NC=C(c2ccc(C)c(F)c2F)C1.CC.CCC(C)N. The average molecular weight is 538 g/mol. The van der Waals surface area contributed by atoms with Crippen LogP contribution in [0.2, 0.25) is 0 Å². The monoisotopic (exact) mass is 537 g/mol. The summed E-state index contributed by atoms with van der Waals surface area (Å²) < 4.78 is 28.6. The summed E-state index contributed by atoms with van der Waals surface area (Å²) in [4.78, 5) is 16.4. The quantitative estimate of drug-likeness (QED) is 0.261. The van der Waals surface area contributed by atoms with Gasteiger partial charge in [0.1, 0.15) is 0 Å². The van der Waals surface area contributed by atoms with Crippen molar-refractivity contribution in [3.05, 3.63) is 93.8 Å². The number of nitrogens with two attached hydrogens (primary N) is 1. The third kappa shape index (κ3) is 9.39. The molecule has 0 aromatic heterocycles. The maximum atomic E-state index is 14.5. The lowest BCUT2D eigenvalue weighted by Crippen LogP contribution is -2.13. The molecule has 6 heteroatoms. The van der Waals surface area contributed by atoms with Crippen LogP contribution in [-0.2, 0) is 6.42 Å². The third-order valence-corrected chi connectivity index (χ3v) is 6.23. The fourth-order valence-electron chi connectivity index (χ4n) is 3.82. The highest BCUT2D eigenvalue weighted by Gasteiger charge is 2.22. The molecule has 212 valence electrons. The number of hydrogen-bond donors (Lipinski definition) is 2. The lowest BCUT2D eigenvalue weighted by molar-refractivity contribution is 0.101. The summed E-state index contributed by atoms with van der Waals surface area (Å²) in [6, 6.07) is 9.24. The van der Waals surface area contributed by atoms with Crippen LogP contribution in [0.15, 0.2) is 64.9 Å². The molecule has 0 saturated heterocycles. The lowest BCUT2D eigenvalue weighted by atomic mass is 9.97. The van der Waals surface area contributed by atoms with E-state index in [0.29, 0.717) is 23.6 Å². The van der Waals surface area contributed by atoms with Crippen LogP contribution >= 0.6 is 0 Å². The molecule has 0 amide bonds. The van der Waals surface area contributed by atoms with Crippen molar-refractivity contribution in [2.24, 2.45) is 10.7 Å². The second kappa shape index (κ2) is 16.6. The van der Waals surface area contributed by atoms with Crippen molar-refractivity contribution < 1.29 is 13.6 Å². The molecule has 1 heterocycles. The van der Waals surface area contributed by atoms with Gasteiger partial charge in [0.15, 0.2) is 17.4 Å². The Labute approximate surface area is 233 Å². The highest BCUT2D eigenvalue weighted by molar-refractivity contribution is 6.11. The van der Waals surface area contributed by atoms with E-state index in [1.807, 2.05) is 71.9 Å². The predicted molar refractivity (Wildman–Crippen MR) is 163 cm³/mol. The first kappa shape index (κ1) is 33.6. The van der Waals surface area contributed by atoms with E-state index in [2.05, 4.69) is 17.2 Å². The Morgan fingerprint density at radius 3 is 2.31 bits per heavy atom.